The van der Waals surface area contributed by atoms with Gasteiger partial charge in [0, 0.05) is 23.7 Å². The fraction of sp³-hybridized carbons (Fsp3) is 0.235. The van der Waals surface area contributed by atoms with E-state index in [1.807, 2.05) is 11.8 Å². The first-order chi connectivity index (χ1) is 12.2. The number of ether oxygens (including phenoxy) is 1. The van der Waals surface area contributed by atoms with Gasteiger partial charge in [-0.05, 0) is 36.4 Å². The topological polar surface area (TPSA) is 99.9 Å². The molecule has 1 saturated heterocycles. The summed E-state index contributed by atoms with van der Waals surface area (Å²) in [5.74, 6) is 2.36. The third kappa shape index (κ3) is 3.53. The molecule has 128 valence electrons. The minimum atomic E-state index is -0.279. The van der Waals surface area contributed by atoms with Crippen molar-refractivity contribution in [1.82, 2.24) is 15.0 Å². The summed E-state index contributed by atoms with van der Waals surface area (Å²) >= 11 is 1.87. The van der Waals surface area contributed by atoms with E-state index in [0.29, 0.717) is 28.2 Å². The monoisotopic (exact) mass is 356 g/mol. The highest BCUT2D eigenvalue weighted by atomic mass is 32.2. The number of rotatable bonds is 4. The Morgan fingerprint density at radius 2 is 2.12 bits per heavy atom. The van der Waals surface area contributed by atoms with Gasteiger partial charge in [-0.15, -0.1) is 0 Å². The molecule has 0 spiro atoms. The predicted molar refractivity (Wildman–Crippen MR) is 97.5 cm³/mol. The predicted octanol–water partition coefficient (Wildman–Crippen LogP) is 2.39. The summed E-state index contributed by atoms with van der Waals surface area (Å²) in [4.78, 5) is 33.1. The van der Waals surface area contributed by atoms with E-state index in [1.54, 1.807) is 30.3 Å². The second kappa shape index (κ2) is 6.64. The van der Waals surface area contributed by atoms with Crippen molar-refractivity contribution < 1.29 is 9.53 Å². The fourth-order valence-electron chi connectivity index (χ4n) is 2.67. The SMILES string of the molecule is O=C(Nc1ccc2[nH]c(=O)[nH]c2c1)c1ccc(OC2CCSC2)nc1. The molecule has 1 aliphatic heterocycles. The Morgan fingerprint density at radius 3 is 2.88 bits per heavy atom. The van der Waals surface area contributed by atoms with Crippen LogP contribution in [-0.4, -0.2) is 38.5 Å². The molecule has 3 aromatic rings. The number of amides is 1. The smallest absolute Gasteiger partial charge is 0.323 e. The molecule has 1 atom stereocenters. The molecule has 0 bridgehead atoms. The molecule has 1 aliphatic rings. The van der Waals surface area contributed by atoms with Gasteiger partial charge in [0.1, 0.15) is 6.10 Å². The van der Waals surface area contributed by atoms with Crippen LogP contribution in [0.15, 0.2) is 41.3 Å². The van der Waals surface area contributed by atoms with Crippen LogP contribution in [0.4, 0.5) is 5.69 Å². The van der Waals surface area contributed by atoms with Gasteiger partial charge in [-0.1, -0.05) is 0 Å². The van der Waals surface area contributed by atoms with E-state index < -0.39 is 0 Å². The van der Waals surface area contributed by atoms with Crippen molar-refractivity contribution in [3.63, 3.8) is 0 Å². The van der Waals surface area contributed by atoms with Crippen LogP contribution in [0.3, 0.4) is 0 Å². The number of pyridine rings is 1. The Hall–Kier alpha value is -2.74. The van der Waals surface area contributed by atoms with E-state index in [2.05, 4.69) is 20.3 Å². The Balaban J connectivity index is 1.45. The summed E-state index contributed by atoms with van der Waals surface area (Å²) in [6.45, 7) is 0. The second-order valence-electron chi connectivity index (χ2n) is 5.78. The van der Waals surface area contributed by atoms with Crippen LogP contribution in [0.1, 0.15) is 16.8 Å². The first-order valence-electron chi connectivity index (χ1n) is 7.91. The number of nitrogens with one attached hydrogen (secondary N) is 3. The zero-order valence-electron chi connectivity index (χ0n) is 13.2. The van der Waals surface area contributed by atoms with E-state index in [0.717, 1.165) is 17.9 Å². The molecule has 2 aromatic heterocycles. The lowest BCUT2D eigenvalue weighted by molar-refractivity contribution is 0.102. The largest absolute Gasteiger partial charge is 0.473 e. The van der Waals surface area contributed by atoms with Crippen molar-refractivity contribution in [2.75, 3.05) is 16.8 Å². The lowest BCUT2D eigenvalue weighted by Gasteiger charge is -2.11. The Kier molecular flexibility index (Phi) is 4.19. The van der Waals surface area contributed by atoms with Gasteiger partial charge in [0.15, 0.2) is 0 Å². The fourth-order valence-corrected chi connectivity index (χ4v) is 3.77. The molecule has 8 heteroatoms. The van der Waals surface area contributed by atoms with E-state index in [-0.39, 0.29) is 17.7 Å². The number of H-pyrrole nitrogens is 2. The summed E-state index contributed by atoms with van der Waals surface area (Å²) in [5, 5.41) is 2.79. The summed E-state index contributed by atoms with van der Waals surface area (Å²) < 4.78 is 5.78. The van der Waals surface area contributed by atoms with E-state index >= 15 is 0 Å². The Bertz CT molecular complexity index is 958. The lowest BCUT2D eigenvalue weighted by Crippen LogP contribution is -2.16. The highest BCUT2D eigenvalue weighted by Gasteiger charge is 2.17. The molecule has 7 nitrogen and oxygen atoms in total. The van der Waals surface area contributed by atoms with Crippen molar-refractivity contribution in [1.29, 1.82) is 0 Å². The van der Waals surface area contributed by atoms with Gasteiger partial charge in [0.05, 0.1) is 16.6 Å². The zero-order valence-corrected chi connectivity index (χ0v) is 14.1. The second-order valence-corrected chi connectivity index (χ2v) is 6.93. The maximum absolute atomic E-state index is 12.3. The van der Waals surface area contributed by atoms with Crippen molar-refractivity contribution in [3.05, 3.63) is 52.6 Å². The Labute approximate surface area is 147 Å². The van der Waals surface area contributed by atoms with Crippen LogP contribution in [0.5, 0.6) is 5.88 Å². The molecule has 0 saturated carbocycles. The van der Waals surface area contributed by atoms with Crippen molar-refractivity contribution in [2.24, 2.45) is 0 Å². The highest BCUT2D eigenvalue weighted by Crippen LogP contribution is 2.22. The maximum Gasteiger partial charge on any atom is 0.323 e. The third-order valence-corrected chi connectivity index (χ3v) is 5.08. The minimum absolute atomic E-state index is 0.201. The zero-order chi connectivity index (χ0) is 17.2. The number of benzene rings is 1. The number of aromatic nitrogens is 3. The molecular formula is C17H16N4O3S. The third-order valence-electron chi connectivity index (χ3n) is 3.95. The number of nitrogens with zero attached hydrogens (tertiary/aromatic N) is 1. The van der Waals surface area contributed by atoms with Crippen LogP contribution in [0.2, 0.25) is 0 Å². The van der Waals surface area contributed by atoms with Gasteiger partial charge in [-0.2, -0.15) is 11.8 Å². The molecule has 1 amide bonds. The summed E-state index contributed by atoms with van der Waals surface area (Å²) in [6, 6.07) is 8.57. The minimum Gasteiger partial charge on any atom is -0.473 e. The lowest BCUT2D eigenvalue weighted by atomic mass is 10.2. The average Bonchev–Trinajstić information content (AvgIpc) is 3.23. The van der Waals surface area contributed by atoms with E-state index in [9.17, 15) is 9.59 Å². The highest BCUT2D eigenvalue weighted by molar-refractivity contribution is 7.99. The van der Waals surface area contributed by atoms with Gasteiger partial charge in [-0.3, -0.25) is 4.79 Å². The molecule has 1 fully saturated rings. The molecular weight excluding hydrogens is 340 g/mol. The van der Waals surface area contributed by atoms with Crippen LogP contribution in [-0.2, 0) is 0 Å². The summed E-state index contributed by atoms with van der Waals surface area (Å²) in [7, 11) is 0. The summed E-state index contributed by atoms with van der Waals surface area (Å²) in [5.41, 5.74) is 2.08. The normalized spacial score (nSPS) is 16.9. The van der Waals surface area contributed by atoms with Crippen molar-refractivity contribution in [2.45, 2.75) is 12.5 Å². The first kappa shape index (κ1) is 15.8. The van der Waals surface area contributed by atoms with Gasteiger partial charge >= 0.3 is 5.69 Å². The van der Waals surface area contributed by atoms with Gasteiger partial charge in [0.2, 0.25) is 5.88 Å². The molecule has 4 rings (SSSR count). The number of aromatic amines is 2. The van der Waals surface area contributed by atoms with Crippen LogP contribution < -0.4 is 15.7 Å². The number of carbonyl (C=O) groups excluding carboxylic acids is 1. The van der Waals surface area contributed by atoms with E-state index in [4.69, 9.17) is 4.74 Å². The standard InChI is InChI=1S/C17H16N4O3S/c22-16(19-11-2-3-13-14(7-11)21-17(23)20-13)10-1-4-15(18-8-10)24-12-5-6-25-9-12/h1-4,7-8,12H,5-6,9H2,(H,19,22)(H2,20,21,23). The van der Waals surface area contributed by atoms with Crippen molar-refractivity contribution >= 4 is 34.4 Å². The number of imidazole rings is 1. The number of thioether (sulfide) groups is 1. The van der Waals surface area contributed by atoms with Gasteiger partial charge in [0.25, 0.3) is 5.91 Å². The Morgan fingerprint density at radius 1 is 1.24 bits per heavy atom. The van der Waals surface area contributed by atoms with Crippen molar-refractivity contribution in [3.8, 4) is 5.88 Å². The van der Waals surface area contributed by atoms with Crippen LogP contribution >= 0.6 is 11.8 Å². The molecule has 3 N–H and O–H groups in total. The molecule has 3 heterocycles. The van der Waals surface area contributed by atoms with Gasteiger partial charge < -0.3 is 20.0 Å². The van der Waals surface area contributed by atoms with Gasteiger partial charge in [-0.25, -0.2) is 9.78 Å². The number of anilines is 1. The van der Waals surface area contributed by atoms with Crippen LogP contribution in [0.25, 0.3) is 11.0 Å². The molecule has 25 heavy (non-hydrogen) atoms. The number of hydrogen-bond acceptors (Lipinski definition) is 5. The average molecular weight is 356 g/mol. The quantitative estimate of drug-likeness (QED) is 0.666. The molecule has 1 aromatic carbocycles. The van der Waals surface area contributed by atoms with Crippen LogP contribution in [0, 0.1) is 0 Å². The first-order valence-corrected chi connectivity index (χ1v) is 9.07. The molecule has 1 unspecified atom stereocenters. The number of hydrogen-bond donors (Lipinski definition) is 3. The number of fused-ring (bicyclic) bond motifs is 1. The molecule has 0 aliphatic carbocycles. The molecule has 0 radical (unpaired) electrons. The van der Waals surface area contributed by atoms with E-state index in [1.165, 1.54) is 6.20 Å². The summed E-state index contributed by atoms with van der Waals surface area (Å²) in [6.07, 6.45) is 2.73. The maximum atomic E-state index is 12.3. The number of carbonyl (C=O) groups is 1.